The van der Waals surface area contributed by atoms with Gasteiger partial charge < -0.3 is 16.0 Å². The standard InChI is InChI=1S/C12H16ClN3/c1-16(8-9-6-12(14)15-7-9)11-5-3-2-4-10(11)13/h2-6,9,15H,7-8,14H2,1H3/t9-/m0/s1. The van der Waals surface area contributed by atoms with E-state index in [1.165, 1.54) is 0 Å². The molecule has 0 fully saturated rings. The van der Waals surface area contributed by atoms with Crippen LogP contribution in [0, 0.1) is 5.92 Å². The molecule has 86 valence electrons. The van der Waals surface area contributed by atoms with Crippen LogP contribution in [-0.2, 0) is 0 Å². The van der Waals surface area contributed by atoms with Crippen molar-refractivity contribution in [2.24, 2.45) is 11.7 Å². The Morgan fingerprint density at radius 3 is 2.88 bits per heavy atom. The van der Waals surface area contributed by atoms with E-state index in [0.717, 1.165) is 29.6 Å². The smallest absolute Gasteiger partial charge is 0.0923 e. The fraction of sp³-hybridized carbons (Fsp3) is 0.333. The van der Waals surface area contributed by atoms with E-state index in [0.29, 0.717) is 5.92 Å². The molecule has 1 aliphatic rings. The minimum atomic E-state index is 0.446. The van der Waals surface area contributed by atoms with Crippen molar-refractivity contribution in [3.63, 3.8) is 0 Å². The number of hydrogen-bond donors (Lipinski definition) is 2. The average molecular weight is 238 g/mol. The lowest BCUT2D eigenvalue weighted by molar-refractivity contribution is 0.641. The molecule has 0 saturated carbocycles. The number of anilines is 1. The number of benzene rings is 1. The molecule has 2 rings (SSSR count). The Bertz CT molecular complexity index is 403. The average Bonchev–Trinajstić information content (AvgIpc) is 2.64. The summed E-state index contributed by atoms with van der Waals surface area (Å²) in [5.74, 6) is 1.22. The molecule has 0 radical (unpaired) electrons. The summed E-state index contributed by atoms with van der Waals surface area (Å²) in [6, 6.07) is 7.87. The number of nitrogens with zero attached hydrogens (tertiary/aromatic N) is 1. The molecule has 1 aromatic rings. The molecule has 1 atom stereocenters. The van der Waals surface area contributed by atoms with Gasteiger partial charge in [0, 0.05) is 26.1 Å². The zero-order chi connectivity index (χ0) is 11.5. The lowest BCUT2D eigenvalue weighted by Gasteiger charge is -2.23. The van der Waals surface area contributed by atoms with Gasteiger partial charge in [-0.15, -0.1) is 0 Å². The Morgan fingerprint density at radius 1 is 1.50 bits per heavy atom. The van der Waals surface area contributed by atoms with Crippen molar-refractivity contribution in [2.45, 2.75) is 0 Å². The Kier molecular flexibility index (Phi) is 3.25. The predicted molar refractivity (Wildman–Crippen MR) is 68.5 cm³/mol. The van der Waals surface area contributed by atoms with E-state index >= 15 is 0 Å². The minimum Gasteiger partial charge on any atom is -0.386 e. The van der Waals surface area contributed by atoms with Crippen LogP contribution in [0.1, 0.15) is 0 Å². The third kappa shape index (κ3) is 2.42. The van der Waals surface area contributed by atoms with Crippen LogP contribution in [-0.4, -0.2) is 20.1 Å². The maximum atomic E-state index is 6.14. The molecular formula is C12H16ClN3. The molecule has 16 heavy (non-hydrogen) atoms. The molecule has 1 aliphatic heterocycles. The van der Waals surface area contributed by atoms with Crippen LogP contribution >= 0.6 is 11.6 Å². The quantitative estimate of drug-likeness (QED) is 0.843. The molecule has 0 bridgehead atoms. The van der Waals surface area contributed by atoms with E-state index in [1.54, 1.807) is 0 Å². The fourth-order valence-corrected chi connectivity index (χ4v) is 2.23. The lowest BCUT2D eigenvalue weighted by atomic mass is 10.1. The van der Waals surface area contributed by atoms with Crippen molar-refractivity contribution in [3.8, 4) is 0 Å². The molecule has 1 aromatic carbocycles. The van der Waals surface area contributed by atoms with Crippen LogP contribution in [0.2, 0.25) is 5.02 Å². The zero-order valence-electron chi connectivity index (χ0n) is 9.28. The second kappa shape index (κ2) is 4.66. The summed E-state index contributed by atoms with van der Waals surface area (Å²) >= 11 is 6.14. The first-order valence-corrected chi connectivity index (χ1v) is 5.71. The summed E-state index contributed by atoms with van der Waals surface area (Å²) < 4.78 is 0. The molecule has 0 saturated heterocycles. The van der Waals surface area contributed by atoms with Gasteiger partial charge >= 0.3 is 0 Å². The highest BCUT2D eigenvalue weighted by atomic mass is 35.5. The van der Waals surface area contributed by atoms with Crippen LogP contribution in [0.3, 0.4) is 0 Å². The number of nitrogens with two attached hydrogens (primary N) is 1. The molecule has 1 heterocycles. The SMILES string of the molecule is CN(C[C@H]1C=C(N)NC1)c1ccccc1Cl. The van der Waals surface area contributed by atoms with Crippen LogP contribution in [0.25, 0.3) is 0 Å². The first-order chi connectivity index (χ1) is 7.66. The third-order valence-corrected chi connectivity index (χ3v) is 3.08. The van der Waals surface area contributed by atoms with Gasteiger partial charge in [0.2, 0.25) is 0 Å². The number of para-hydroxylation sites is 1. The van der Waals surface area contributed by atoms with Crippen molar-refractivity contribution in [2.75, 3.05) is 25.0 Å². The van der Waals surface area contributed by atoms with Crippen LogP contribution in [0.5, 0.6) is 0 Å². The second-order valence-electron chi connectivity index (χ2n) is 4.09. The van der Waals surface area contributed by atoms with Crippen molar-refractivity contribution >= 4 is 17.3 Å². The molecule has 0 amide bonds. The van der Waals surface area contributed by atoms with Gasteiger partial charge in [0.1, 0.15) is 0 Å². The predicted octanol–water partition coefficient (Wildman–Crippen LogP) is 1.80. The lowest BCUT2D eigenvalue weighted by Crippen LogP contribution is -2.27. The second-order valence-corrected chi connectivity index (χ2v) is 4.50. The molecule has 0 aliphatic carbocycles. The topological polar surface area (TPSA) is 41.3 Å². The van der Waals surface area contributed by atoms with E-state index in [2.05, 4.69) is 16.3 Å². The van der Waals surface area contributed by atoms with Crippen molar-refractivity contribution < 1.29 is 0 Å². The number of halogens is 1. The van der Waals surface area contributed by atoms with Gasteiger partial charge in [-0.1, -0.05) is 23.7 Å². The molecule has 4 heteroatoms. The molecule has 0 spiro atoms. The van der Waals surface area contributed by atoms with E-state index in [1.807, 2.05) is 31.3 Å². The Balaban J connectivity index is 2.03. The number of nitrogens with one attached hydrogen (secondary N) is 1. The summed E-state index contributed by atoms with van der Waals surface area (Å²) in [5.41, 5.74) is 6.73. The highest BCUT2D eigenvalue weighted by Gasteiger charge is 2.16. The van der Waals surface area contributed by atoms with Gasteiger partial charge in [0.05, 0.1) is 16.5 Å². The van der Waals surface area contributed by atoms with E-state index in [4.69, 9.17) is 17.3 Å². The fourth-order valence-electron chi connectivity index (χ4n) is 1.95. The van der Waals surface area contributed by atoms with Crippen molar-refractivity contribution in [1.82, 2.24) is 5.32 Å². The molecule has 3 N–H and O–H groups in total. The Morgan fingerprint density at radius 2 is 2.25 bits per heavy atom. The van der Waals surface area contributed by atoms with Crippen molar-refractivity contribution in [3.05, 3.63) is 41.2 Å². The first-order valence-electron chi connectivity index (χ1n) is 5.33. The Labute approximate surface area is 101 Å². The van der Waals surface area contributed by atoms with Gasteiger partial charge in [-0.2, -0.15) is 0 Å². The van der Waals surface area contributed by atoms with E-state index in [9.17, 15) is 0 Å². The van der Waals surface area contributed by atoms with Crippen LogP contribution in [0.15, 0.2) is 36.2 Å². The maximum Gasteiger partial charge on any atom is 0.0923 e. The van der Waals surface area contributed by atoms with E-state index < -0.39 is 0 Å². The first kappa shape index (κ1) is 11.1. The summed E-state index contributed by atoms with van der Waals surface area (Å²) in [7, 11) is 2.05. The minimum absolute atomic E-state index is 0.446. The molecular weight excluding hydrogens is 222 g/mol. The highest BCUT2D eigenvalue weighted by Crippen LogP contribution is 2.25. The largest absolute Gasteiger partial charge is 0.386 e. The van der Waals surface area contributed by atoms with Gasteiger partial charge in [0.25, 0.3) is 0 Å². The molecule has 0 aromatic heterocycles. The van der Waals surface area contributed by atoms with Gasteiger partial charge in [0.15, 0.2) is 0 Å². The monoisotopic (exact) mass is 237 g/mol. The third-order valence-electron chi connectivity index (χ3n) is 2.76. The van der Waals surface area contributed by atoms with Gasteiger partial charge in [-0.3, -0.25) is 0 Å². The summed E-state index contributed by atoms with van der Waals surface area (Å²) in [4.78, 5) is 2.16. The summed E-state index contributed by atoms with van der Waals surface area (Å²) in [5, 5.41) is 3.91. The summed E-state index contributed by atoms with van der Waals surface area (Å²) in [6.07, 6.45) is 2.06. The van der Waals surface area contributed by atoms with Crippen LogP contribution < -0.4 is 16.0 Å². The molecule has 3 nitrogen and oxygen atoms in total. The van der Waals surface area contributed by atoms with Gasteiger partial charge in [-0.25, -0.2) is 0 Å². The van der Waals surface area contributed by atoms with E-state index in [-0.39, 0.29) is 0 Å². The normalized spacial score (nSPS) is 19.1. The maximum absolute atomic E-state index is 6.14. The Hall–Kier alpha value is -1.35. The zero-order valence-corrected chi connectivity index (χ0v) is 10.0. The van der Waals surface area contributed by atoms with Crippen molar-refractivity contribution in [1.29, 1.82) is 0 Å². The van der Waals surface area contributed by atoms with Crippen LogP contribution in [0.4, 0.5) is 5.69 Å². The van der Waals surface area contributed by atoms with Gasteiger partial charge in [-0.05, 0) is 18.2 Å². The highest BCUT2D eigenvalue weighted by molar-refractivity contribution is 6.33. The molecule has 0 unspecified atom stereocenters. The number of rotatable bonds is 3. The summed E-state index contributed by atoms with van der Waals surface area (Å²) in [6.45, 7) is 1.82. The number of hydrogen-bond acceptors (Lipinski definition) is 3.